The van der Waals surface area contributed by atoms with E-state index in [9.17, 15) is 9.59 Å². The van der Waals surface area contributed by atoms with E-state index in [0.29, 0.717) is 24.3 Å². The van der Waals surface area contributed by atoms with Crippen LogP contribution in [0.4, 0.5) is 4.79 Å². The van der Waals surface area contributed by atoms with E-state index in [2.05, 4.69) is 36.5 Å². The van der Waals surface area contributed by atoms with Crippen LogP contribution >= 0.6 is 0 Å². The minimum Gasteiger partial charge on any atom is -0.491 e. The van der Waals surface area contributed by atoms with Crippen molar-refractivity contribution in [2.24, 2.45) is 0 Å². The lowest BCUT2D eigenvalue weighted by molar-refractivity contribution is 0.0980. The van der Waals surface area contributed by atoms with Crippen LogP contribution in [-0.4, -0.2) is 30.6 Å². The molecule has 1 aliphatic heterocycles. The van der Waals surface area contributed by atoms with Gasteiger partial charge in [0.25, 0.3) is 0 Å². The molecule has 1 amide bonds. The molecule has 0 aliphatic carbocycles. The molecule has 0 saturated carbocycles. The van der Waals surface area contributed by atoms with Crippen molar-refractivity contribution in [1.82, 2.24) is 5.32 Å². The zero-order valence-corrected chi connectivity index (χ0v) is 15.8. The summed E-state index contributed by atoms with van der Waals surface area (Å²) in [6.07, 6.45) is 1.83. The molecule has 142 valence electrons. The van der Waals surface area contributed by atoms with Gasteiger partial charge in [0.05, 0.1) is 0 Å². The van der Waals surface area contributed by atoms with Crippen molar-refractivity contribution in [2.75, 3.05) is 13.2 Å². The third-order valence-corrected chi connectivity index (χ3v) is 4.65. The molecule has 1 N–H and O–H groups in total. The van der Waals surface area contributed by atoms with Gasteiger partial charge in [0, 0.05) is 12.0 Å². The van der Waals surface area contributed by atoms with Crippen LogP contribution in [0.5, 0.6) is 5.75 Å². The first-order valence-electron chi connectivity index (χ1n) is 9.20. The smallest absolute Gasteiger partial charge is 0.407 e. The molecule has 0 bridgehead atoms. The fourth-order valence-corrected chi connectivity index (χ4v) is 2.95. The number of aryl methyl sites for hydroxylation is 2. The van der Waals surface area contributed by atoms with Crippen LogP contribution in [0.1, 0.15) is 41.3 Å². The highest BCUT2D eigenvalue weighted by Gasteiger charge is 2.35. The van der Waals surface area contributed by atoms with Gasteiger partial charge in [-0.2, -0.15) is 0 Å². The normalized spacial score (nSPS) is 18.7. The Morgan fingerprint density at radius 2 is 1.85 bits per heavy atom. The summed E-state index contributed by atoms with van der Waals surface area (Å²) in [6, 6.07) is 15.6. The van der Waals surface area contributed by atoms with Crippen molar-refractivity contribution in [2.45, 2.75) is 38.6 Å². The van der Waals surface area contributed by atoms with Gasteiger partial charge in [0.15, 0.2) is 5.78 Å². The Balaban J connectivity index is 1.45. The van der Waals surface area contributed by atoms with Crippen molar-refractivity contribution in [3.05, 3.63) is 65.2 Å². The number of amides is 1. The summed E-state index contributed by atoms with van der Waals surface area (Å²) < 4.78 is 10.6. The second-order valence-electron chi connectivity index (χ2n) is 7.34. The number of hydrogen-bond acceptors (Lipinski definition) is 4. The molecule has 3 rings (SSSR count). The van der Waals surface area contributed by atoms with Crippen molar-refractivity contribution >= 4 is 11.9 Å². The van der Waals surface area contributed by atoms with Gasteiger partial charge in [-0.05, 0) is 56.5 Å². The zero-order valence-electron chi connectivity index (χ0n) is 15.8. The van der Waals surface area contributed by atoms with Gasteiger partial charge in [0.1, 0.15) is 24.5 Å². The summed E-state index contributed by atoms with van der Waals surface area (Å²) in [5, 5.41) is 2.73. The first-order chi connectivity index (χ1) is 12.9. The van der Waals surface area contributed by atoms with Gasteiger partial charge < -0.3 is 14.8 Å². The van der Waals surface area contributed by atoms with Crippen LogP contribution in [-0.2, 0) is 11.2 Å². The van der Waals surface area contributed by atoms with Crippen LogP contribution in [0.3, 0.4) is 0 Å². The van der Waals surface area contributed by atoms with E-state index >= 15 is 0 Å². The Morgan fingerprint density at radius 3 is 2.48 bits per heavy atom. The van der Waals surface area contributed by atoms with Crippen molar-refractivity contribution in [3.8, 4) is 5.75 Å². The molecule has 0 unspecified atom stereocenters. The van der Waals surface area contributed by atoms with Crippen LogP contribution in [0.15, 0.2) is 48.5 Å². The van der Waals surface area contributed by atoms with E-state index in [1.54, 1.807) is 24.3 Å². The molecule has 2 aromatic carbocycles. The van der Waals surface area contributed by atoms with Crippen LogP contribution in [0.25, 0.3) is 0 Å². The number of rotatable bonds is 8. The maximum absolute atomic E-state index is 12.3. The number of nitrogens with one attached hydrogen (secondary N) is 1. The fourth-order valence-electron chi connectivity index (χ4n) is 2.95. The molecular formula is C22H25NO4. The molecule has 5 heteroatoms. The van der Waals surface area contributed by atoms with E-state index in [1.807, 2.05) is 6.92 Å². The van der Waals surface area contributed by atoms with E-state index in [0.717, 1.165) is 12.8 Å². The van der Waals surface area contributed by atoms with Gasteiger partial charge in [-0.3, -0.25) is 4.79 Å². The molecule has 5 nitrogen and oxygen atoms in total. The molecule has 1 fully saturated rings. The monoisotopic (exact) mass is 367 g/mol. The predicted molar refractivity (Wildman–Crippen MR) is 103 cm³/mol. The first-order valence-corrected chi connectivity index (χ1v) is 9.20. The van der Waals surface area contributed by atoms with Crippen LogP contribution in [0.2, 0.25) is 0 Å². The molecule has 1 saturated heterocycles. The van der Waals surface area contributed by atoms with Gasteiger partial charge >= 0.3 is 6.09 Å². The molecule has 27 heavy (non-hydrogen) atoms. The van der Waals surface area contributed by atoms with Crippen LogP contribution in [0, 0.1) is 6.92 Å². The molecule has 0 spiro atoms. The minimum absolute atomic E-state index is 0.136. The third-order valence-electron chi connectivity index (χ3n) is 4.65. The predicted octanol–water partition coefficient (Wildman–Crippen LogP) is 4.08. The fraction of sp³-hybridized carbons (Fsp3) is 0.364. The van der Waals surface area contributed by atoms with Gasteiger partial charge in [-0.25, -0.2) is 4.79 Å². The van der Waals surface area contributed by atoms with E-state index in [4.69, 9.17) is 9.47 Å². The second-order valence-corrected chi connectivity index (χ2v) is 7.34. The number of ketones is 1. The highest BCUT2D eigenvalue weighted by atomic mass is 16.6. The zero-order chi connectivity index (χ0) is 19.3. The highest BCUT2D eigenvalue weighted by molar-refractivity contribution is 5.96. The van der Waals surface area contributed by atoms with Crippen molar-refractivity contribution in [3.63, 3.8) is 0 Å². The Labute approximate surface area is 159 Å². The van der Waals surface area contributed by atoms with Gasteiger partial charge in [0.2, 0.25) is 0 Å². The number of carbonyl (C=O) groups excluding carboxylic acids is 2. The Bertz CT molecular complexity index is 798. The number of benzene rings is 2. The molecule has 1 atom stereocenters. The molecule has 0 radical (unpaired) electrons. The summed E-state index contributed by atoms with van der Waals surface area (Å²) in [5.41, 5.74) is 2.67. The summed E-state index contributed by atoms with van der Waals surface area (Å²) >= 11 is 0. The summed E-state index contributed by atoms with van der Waals surface area (Å²) in [6.45, 7) is 4.52. The average molecular weight is 367 g/mol. The van der Waals surface area contributed by atoms with Crippen LogP contribution < -0.4 is 10.1 Å². The number of ether oxygens (including phenoxy) is 2. The standard InChI is InChI=1S/C22H25NO4/c1-16-6-8-17(9-7-16)4-3-5-20(24)18-10-12-19(13-11-18)26-14-22(2)15-27-21(25)23-22/h6-13H,3-5,14-15H2,1-2H3,(H,23,25)/t22-/m1/s1. The van der Waals surface area contributed by atoms with E-state index in [1.165, 1.54) is 11.1 Å². The van der Waals surface area contributed by atoms with E-state index < -0.39 is 11.6 Å². The SMILES string of the molecule is Cc1ccc(CCCC(=O)c2ccc(OC[C@]3(C)COC(=O)N3)cc2)cc1. The first kappa shape index (κ1) is 19.0. The minimum atomic E-state index is -0.526. The summed E-state index contributed by atoms with van der Waals surface area (Å²) in [7, 11) is 0. The third kappa shape index (κ3) is 5.33. The largest absolute Gasteiger partial charge is 0.491 e. The van der Waals surface area contributed by atoms with Crippen molar-refractivity contribution < 1.29 is 19.1 Å². The lowest BCUT2D eigenvalue weighted by Gasteiger charge is -2.21. The summed E-state index contributed by atoms with van der Waals surface area (Å²) in [5.74, 6) is 0.797. The Morgan fingerprint density at radius 1 is 1.15 bits per heavy atom. The number of Topliss-reactive ketones (excluding diaryl/α,β-unsaturated/α-hetero) is 1. The maximum Gasteiger partial charge on any atom is 0.407 e. The highest BCUT2D eigenvalue weighted by Crippen LogP contribution is 2.18. The topological polar surface area (TPSA) is 64.6 Å². The number of cyclic esters (lactones) is 1. The number of hydrogen-bond donors (Lipinski definition) is 1. The molecular weight excluding hydrogens is 342 g/mol. The average Bonchev–Trinajstić information content (AvgIpc) is 3.01. The van der Waals surface area contributed by atoms with Gasteiger partial charge in [-0.15, -0.1) is 0 Å². The van der Waals surface area contributed by atoms with E-state index in [-0.39, 0.29) is 12.4 Å². The lowest BCUT2D eigenvalue weighted by atomic mass is 10.0. The van der Waals surface area contributed by atoms with Gasteiger partial charge in [-0.1, -0.05) is 29.8 Å². The number of carbonyl (C=O) groups is 2. The molecule has 1 heterocycles. The maximum atomic E-state index is 12.3. The molecule has 2 aromatic rings. The summed E-state index contributed by atoms with van der Waals surface area (Å²) in [4.78, 5) is 23.5. The molecule has 1 aliphatic rings. The lowest BCUT2D eigenvalue weighted by Crippen LogP contribution is -2.45. The molecule has 0 aromatic heterocycles. The number of alkyl carbamates (subject to hydrolysis) is 1. The Kier molecular flexibility index (Phi) is 5.79. The second kappa shape index (κ2) is 8.25. The Hall–Kier alpha value is -2.82. The quantitative estimate of drug-likeness (QED) is 0.714. The van der Waals surface area contributed by atoms with Crippen molar-refractivity contribution in [1.29, 1.82) is 0 Å².